The topological polar surface area (TPSA) is 64.9 Å². The molecule has 0 spiro atoms. The molecule has 1 aliphatic carbocycles. The van der Waals surface area contributed by atoms with Gasteiger partial charge in [-0.15, -0.1) is 0 Å². The van der Waals surface area contributed by atoms with Gasteiger partial charge in [-0.05, 0) is 53.8 Å². The molecule has 1 unspecified atom stereocenters. The molecule has 0 aliphatic heterocycles. The number of rotatable bonds is 3. The number of fused-ring (bicyclic) bond motifs is 1. The normalized spacial score (nSPS) is 16.4. The lowest BCUT2D eigenvalue weighted by Gasteiger charge is -2.01. The maximum Gasteiger partial charge on any atom is 0.257 e. The molecule has 3 aromatic rings. The molecule has 24 heavy (non-hydrogen) atoms. The van der Waals surface area contributed by atoms with Crippen molar-refractivity contribution in [1.29, 1.82) is 0 Å². The minimum atomic E-state index is 0.209. The summed E-state index contributed by atoms with van der Waals surface area (Å²) in [6.07, 6.45) is 2.32. The largest absolute Gasteiger partial charge is 0.334 e. The molecular formula is C18H15Cl2N3O. The van der Waals surface area contributed by atoms with Crippen molar-refractivity contribution < 1.29 is 4.52 Å². The number of hydrogen-bond donors (Lipinski definition) is 1. The van der Waals surface area contributed by atoms with Gasteiger partial charge in [-0.2, -0.15) is 4.98 Å². The minimum absolute atomic E-state index is 0.209. The molecule has 2 aromatic carbocycles. The van der Waals surface area contributed by atoms with Crippen molar-refractivity contribution in [2.75, 3.05) is 0 Å². The van der Waals surface area contributed by atoms with Crippen LogP contribution >= 0.6 is 23.2 Å². The average molecular weight is 360 g/mol. The van der Waals surface area contributed by atoms with E-state index >= 15 is 0 Å². The SMILES string of the molecule is NC1Cc2ccc(-c3nc(Cc4ccc(Cl)cc4Cl)no3)cc2C1. The lowest BCUT2D eigenvalue weighted by atomic mass is 10.1. The fraction of sp³-hybridized carbons (Fsp3) is 0.222. The molecule has 4 rings (SSSR count). The van der Waals surface area contributed by atoms with Crippen LogP contribution < -0.4 is 5.73 Å². The van der Waals surface area contributed by atoms with E-state index in [0.717, 1.165) is 24.0 Å². The van der Waals surface area contributed by atoms with Crippen LogP contribution in [0.5, 0.6) is 0 Å². The van der Waals surface area contributed by atoms with E-state index in [1.54, 1.807) is 12.1 Å². The van der Waals surface area contributed by atoms with Crippen molar-refractivity contribution in [2.24, 2.45) is 5.73 Å². The minimum Gasteiger partial charge on any atom is -0.334 e. The van der Waals surface area contributed by atoms with Gasteiger partial charge in [-0.1, -0.05) is 40.5 Å². The van der Waals surface area contributed by atoms with Crippen LogP contribution in [-0.4, -0.2) is 16.2 Å². The van der Waals surface area contributed by atoms with Crippen LogP contribution in [0.2, 0.25) is 10.0 Å². The average Bonchev–Trinajstić information content (AvgIpc) is 3.14. The first-order valence-corrected chi connectivity index (χ1v) is 8.48. The molecule has 122 valence electrons. The zero-order valence-electron chi connectivity index (χ0n) is 12.8. The standard InChI is InChI=1S/C18H15Cl2N3O/c19-14-4-3-11(16(20)9-14)8-17-22-18(24-23-17)12-2-1-10-6-15(21)7-13(10)5-12/h1-5,9,15H,6-8,21H2. The molecule has 0 saturated heterocycles. The highest BCUT2D eigenvalue weighted by Gasteiger charge is 2.20. The van der Waals surface area contributed by atoms with Gasteiger partial charge in [0, 0.05) is 28.1 Å². The number of halogens is 2. The molecule has 6 heteroatoms. The Hall–Kier alpha value is -1.88. The first kappa shape index (κ1) is 15.6. The van der Waals surface area contributed by atoms with Crippen molar-refractivity contribution in [3.63, 3.8) is 0 Å². The number of aromatic nitrogens is 2. The van der Waals surface area contributed by atoms with Gasteiger partial charge < -0.3 is 10.3 Å². The monoisotopic (exact) mass is 359 g/mol. The Labute approximate surface area is 149 Å². The summed E-state index contributed by atoms with van der Waals surface area (Å²) in [6, 6.07) is 11.8. The molecule has 0 amide bonds. The van der Waals surface area contributed by atoms with Gasteiger partial charge in [0.15, 0.2) is 5.82 Å². The van der Waals surface area contributed by atoms with Crippen molar-refractivity contribution in [2.45, 2.75) is 25.3 Å². The van der Waals surface area contributed by atoms with E-state index in [2.05, 4.69) is 22.3 Å². The molecule has 2 N–H and O–H groups in total. The molecular weight excluding hydrogens is 345 g/mol. The molecule has 1 heterocycles. The van der Waals surface area contributed by atoms with Crippen LogP contribution in [0.15, 0.2) is 40.9 Å². The summed E-state index contributed by atoms with van der Waals surface area (Å²) in [5.41, 5.74) is 10.4. The lowest BCUT2D eigenvalue weighted by molar-refractivity contribution is 0.424. The highest BCUT2D eigenvalue weighted by molar-refractivity contribution is 6.35. The first-order chi connectivity index (χ1) is 11.6. The van der Waals surface area contributed by atoms with Gasteiger partial charge in [0.1, 0.15) is 0 Å². The van der Waals surface area contributed by atoms with Crippen LogP contribution in [0.4, 0.5) is 0 Å². The number of hydrogen-bond acceptors (Lipinski definition) is 4. The van der Waals surface area contributed by atoms with E-state index in [1.165, 1.54) is 11.1 Å². The van der Waals surface area contributed by atoms with E-state index in [4.69, 9.17) is 33.5 Å². The second-order valence-electron chi connectivity index (χ2n) is 6.08. The Morgan fingerprint density at radius 3 is 2.75 bits per heavy atom. The zero-order chi connectivity index (χ0) is 16.7. The summed E-state index contributed by atoms with van der Waals surface area (Å²) in [7, 11) is 0. The van der Waals surface area contributed by atoms with Crippen LogP contribution in [0.25, 0.3) is 11.5 Å². The summed E-state index contributed by atoms with van der Waals surface area (Å²) < 4.78 is 5.41. The lowest BCUT2D eigenvalue weighted by Crippen LogP contribution is -2.18. The number of nitrogens with two attached hydrogens (primary N) is 1. The summed E-state index contributed by atoms with van der Waals surface area (Å²) in [6.45, 7) is 0. The van der Waals surface area contributed by atoms with Gasteiger partial charge in [-0.3, -0.25) is 0 Å². The van der Waals surface area contributed by atoms with E-state index < -0.39 is 0 Å². The second kappa shape index (κ2) is 6.20. The van der Waals surface area contributed by atoms with E-state index in [1.807, 2.05) is 12.1 Å². The van der Waals surface area contributed by atoms with Gasteiger partial charge in [0.25, 0.3) is 5.89 Å². The molecule has 1 atom stereocenters. The Balaban J connectivity index is 1.58. The van der Waals surface area contributed by atoms with Crippen LogP contribution in [-0.2, 0) is 19.3 Å². The van der Waals surface area contributed by atoms with Crippen LogP contribution in [0.1, 0.15) is 22.5 Å². The summed E-state index contributed by atoms with van der Waals surface area (Å²) in [5, 5.41) is 5.26. The quantitative estimate of drug-likeness (QED) is 0.765. The highest BCUT2D eigenvalue weighted by Crippen LogP contribution is 2.28. The van der Waals surface area contributed by atoms with Gasteiger partial charge in [-0.25, -0.2) is 0 Å². The van der Waals surface area contributed by atoms with E-state index in [0.29, 0.717) is 28.2 Å². The summed E-state index contributed by atoms with van der Waals surface area (Å²) in [5.74, 6) is 1.10. The fourth-order valence-corrected chi connectivity index (χ4v) is 3.54. The smallest absolute Gasteiger partial charge is 0.257 e. The molecule has 1 aliphatic rings. The fourth-order valence-electron chi connectivity index (χ4n) is 3.06. The predicted octanol–water partition coefficient (Wildman–Crippen LogP) is 4.06. The van der Waals surface area contributed by atoms with Gasteiger partial charge in [0.2, 0.25) is 0 Å². The van der Waals surface area contributed by atoms with Crippen LogP contribution in [0, 0.1) is 0 Å². The Kier molecular flexibility index (Phi) is 4.04. The van der Waals surface area contributed by atoms with Crippen molar-refractivity contribution in [3.8, 4) is 11.5 Å². The van der Waals surface area contributed by atoms with Gasteiger partial charge >= 0.3 is 0 Å². The first-order valence-electron chi connectivity index (χ1n) is 7.73. The Bertz CT molecular complexity index is 907. The Morgan fingerprint density at radius 2 is 1.92 bits per heavy atom. The summed E-state index contributed by atoms with van der Waals surface area (Å²) >= 11 is 12.1. The van der Waals surface area contributed by atoms with Crippen molar-refractivity contribution in [3.05, 3.63) is 69.0 Å². The maximum atomic E-state index is 6.20. The second-order valence-corrected chi connectivity index (χ2v) is 6.92. The van der Waals surface area contributed by atoms with Crippen molar-refractivity contribution in [1.82, 2.24) is 10.1 Å². The summed E-state index contributed by atoms with van der Waals surface area (Å²) in [4.78, 5) is 4.48. The molecule has 0 saturated carbocycles. The third kappa shape index (κ3) is 3.05. The maximum absolute atomic E-state index is 6.20. The Morgan fingerprint density at radius 1 is 1.08 bits per heavy atom. The molecule has 0 bridgehead atoms. The third-order valence-electron chi connectivity index (χ3n) is 4.25. The van der Waals surface area contributed by atoms with Crippen molar-refractivity contribution >= 4 is 23.2 Å². The predicted molar refractivity (Wildman–Crippen MR) is 94.4 cm³/mol. The third-order valence-corrected chi connectivity index (χ3v) is 4.84. The number of nitrogens with zero attached hydrogens (tertiary/aromatic N) is 2. The molecule has 0 fully saturated rings. The molecule has 4 nitrogen and oxygen atoms in total. The van der Waals surface area contributed by atoms with E-state index in [-0.39, 0.29) is 6.04 Å². The molecule has 0 radical (unpaired) electrons. The molecule has 1 aromatic heterocycles. The highest BCUT2D eigenvalue weighted by atomic mass is 35.5. The van der Waals surface area contributed by atoms with E-state index in [9.17, 15) is 0 Å². The van der Waals surface area contributed by atoms with Crippen LogP contribution in [0.3, 0.4) is 0 Å². The van der Waals surface area contributed by atoms with Gasteiger partial charge in [0.05, 0.1) is 0 Å². The number of benzene rings is 2. The zero-order valence-corrected chi connectivity index (χ0v) is 14.3.